The summed E-state index contributed by atoms with van der Waals surface area (Å²) in [5.41, 5.74) is 1.06. The summed E-state index contributed by atoms with van der Waals surface area (Å²) in [7, 11) is 0. The van der Waals surface area contributed by atoms with Crippen LogP contribution in [0.5, 0.6) is 17.2 Å². The zero-order chi connectivity index (χ0) is 13.8. The highest BCUT2D eigenvalue weighted by Gasteiger charge is 2.05. The second-order valence-electron chi connectivity index (χ2n) is 3.99. The molecule has 0 aliphatic rings. The average Bonchev–Trinajstić information content (AvgIpc) is 2.41. The molecule has 0 aliphatic carbocycles. The van der Waals surface area contributed by atoms with Gasteiger partial charge in [0, 0.05) is 5.56 Å². The summed E-state index contributed by atoms with van der Waals surface area (Å²) >= 11 is 0. The van der Waals surface area contributed by atoms with Crippen LogP contribution in [0.25, 0.3) is 6.08 Å². The highest BCUT2D eigenvalue weighted by Crippen LogP contribution is 2.25. The van der Waals surface area contributed by atoms with Crippen LogP contribution in [-0.4, -0.2) is 21.1 Å². The van der Waals surface area contributed by atoms with Crippen molar-refractivity contribution in [3.8, 4) is 17.2 Å². The van der Waals surface area contributed by atoms with Crippen molar-refractivity contribution >= 4 is 11.9 Å². The third kappa shape index (κ3) is 3.13. The number of hydrogen-bond acceptors (Lipinski definition) is 4. The molecule has 2 aromatic rings. The molecular weight excluding hydrogens is 244 g/mol. The quantitative estimate of drug-likeness (QED) is 0.448. The van der Waals surface area contributed by atoms with E-state index in [0.717, 1.165) is 5.56 Å². The first-order valence-electron chi connectivity index (χ1n) is 5.60. The molecule has 0 saturated heterocycles. The summed E-state index contributed by atoms with van der Waals surface area (Å²) in [6.45, 7) is 0. The van der Waals surface area contributed by atoms with E-state index in [-0.39, 0.29) is 28.6 Å². The third-order valence-electron chi connectivity index (χ3n) is 2.58. The third-order valence-corrected chi connectivity index (χ3v) is 2.58. The Morgan fingerprint density at radius 3 is 2.21 bits per heavy atom. The molecule has 4 nitrogen and oxygen atoms in total. The number of benzene rings is 2. The standard InChI is InChI=1S/C15H12O4/c16-12-5-1-10(2-6-12)3-7-13(17)11-4-8-14(18)15(19)9-11/h1-9,16,18-19H/b7-3+. The Labute approximate surface area is 109 Å². The van der Waals surface area contributed by atoms with Gasteiger partial charge in [0.05, 0.1) is 0 Å². The van der Waals surface area contributed by atoms with E-state index in [1.807, 2.05) is 0 Å². The fourth-order valence-corrected chi connectivity index (χ4v) is 1.53. The minimum absolute atomic E-state index is 0.159. The molecule has 96 valence electrons. The van der Waals surface area contributed by atoms with E-state index in [0.29, 0.717) is 0 Å². The lowest BCUT2D eigenvalue weighted by atomic mass is 10.1. The van der Waals surface area contributed by atoms with Crippen molar-refractivity contribution in [1.29, 1.82) is 0 Å². The molecule has 4 heteroatoms. The molecule has 3 N–H and O–H groups in total. The van der Waals surface area contributed by atoms with Crippen molar-refractivity contribution in [1.82, 2.24) is 0 Å². The normalized spacial score (nSPS) is 10.7. The molecule has 0 aliphatic heterocycles. The van der Waals surface area contributed by atoms with Gasteiger partial charge < -0.3 is 15.3 Å². The lowest BCUT2D eigenvalue weighted by molar-refractivity contribution is 0.104. The summed E-state index contributed by atoms with van der Waals surface area (Å²) < 4.78 is 0. The number of phenols is 3. The molecule has 0 amide bonds. The lowest BCUT2D eigenvalue weighted by Crippen LogP contribution is -1.93. The van der Waals surface area contributed by atoms with Gasteiger partial charge in [0.1, 0.15) is 5.75 Å². The number of aromatic hydroxyl groups is 3. The largest absolute Gasteiger partial charge is 0.508 e. The van der Waals surface area contributed by atoms with Gasteiger partial charge in [0.15, 0.2) is 17.3 Å². The Hall–Kier alpha value is -2.75. The van der Waals surface area contributed by atoms with Crippen LogP contribution < -0.4 is 0 Å². The van der Waals surface area contributed by atoms with Gasteiger partial charge in [-0.05, 0) is 42.0 Å². The molecule has 0 unspecified atom stereocenters. The van der Waals surface area contributed by atoms with Crippen LogP contribution in [-0.2, 0) is 0 Å². The van der Waals surface area contributed by atoms with Gasteiger partial charge in [-0.3, -0.25) is 4.79 Å². The van der Waals surface area contributed by atoms with Gasteiger partial charge >= 0.3 is 0 Å². The van der Waals surface area contributed by atoms with E-state index >= 15 is 0 Å². The Morgan fingerprint density at radius 1 is 0.895 bits per heavy atom. The predicted molar refractivity (Wildman–Crippen MR) is 71.2 cm³/mol. The van der Waals surface area contributed by atoms with Gasteiger partial charge in [-0.1, -0.05) is 18.2 Å². The van der Waals surface area contributed by atoms with E-state index in [1.54, 1.807) is 18.2 Å². The zero-order valence-electron chi connectivity index (χ0n) is 9.95. The van der Waals surface area contributed by atoms with Crippen LogP contribution in [0.3, 0.4) is 0 Å². The number of carbonyl (C=O) groups is 1. The first-order chi connectivity index (χ1) is 9.06. The number of allylic oxidation sites excluding steroid dienone is 1. The summed E-state index contributed by atoms with van der Waals surface area (Å²) in [4.78, 5) is 11.8. The zero-order valence-corrected chi connectivity index (χ0v) is 9.95. The summed E-state index contributed by atoms with van der Waals surface area (Å²) in [5, 5.41) is 27.6. The number of phenolic OH excluding ortho intramolecular Hbond substituents is 3. The van der Waals surface area contributed by atoms with Crippen LogP contribution in [0.4, 0.5) is 0 Å². The number of ketones is 1. The maximum absolute atomic E-state index is 11.8. The fraction of sp³-hybridized carbons (Fsp3) is 0. The fourth-order valence-electron chi connectivity index (χ4n) is 1.53. The van der Waals surface area contributed by atoms with Crippen molar-refractivity contribution in [2.45, 2.75) is 0 Å². The Bertz CT molecular complexity index is 627. The van der Waals surface area contributed by atoms with Crippen LogP contribution in [0.2, 0.25) is 0 Å². The van der Waals surface area contributed by atoms with Crippen molar-refractivity contribution in [3.63, 3.8) is 0 Å². The summed E-state index contributed by atoms with van der Waals surface area (Å²) in [6, 6.07) is 10.3. The first-order valence-corrected chi connectivity index (χ1v) is 5.60. The molecular formula is C15H12O4. The highest BCUT2D eigenvalue weighted by atomic mass is 16.3. The molecule has 19 heavy (non-hydrogen) atoms. The van der Waals surface area contributed by atoms with Crippen molar-refractivity contribution < 1.29 is 20.1 Å². The topological polar surface area (TPSA) is 77.8 Å². The molecule has 0 spiro atoms. The van der Waals surface area contributed by atoms with E-state index in [9.17, 15) is 9.90 Å². The SMILES string of the molecule is O=C(/C=C/c1ccc(O)cc1)c1ccc(O)c(O)c1. The van der Waals surface area contributed by atoms with Crippen molar-refractivity contribution in [2.24, 2.45) is 0 Å². The Kier molecular flexibility index (Phi) is 3.52. The average molecular weight is 256 g/mol. The van der Waals surface area contributed by atoms with Crippen LogP contribution in [0.1, 0.15) is 15.9 Å². The van der Waals surface area contributed by atoms with Gasteiger partial charge in [-0.2, -0.15) is 0 Å². The minimum atomic E-state index is -0.330. The second-order valence-corrected chi connectivity index (χ2v) is 3.99. The number of rotatable bonds is 3. The molecule has 0 heterocycles. The first kappa shape index (κ1) is 12.7. The number of hydrogen-bond donors (Lipinski definition) is 3. The van der Waals surface area contributed by atoms with E-state index in [4.69, 9.17) is 10.2 Å². The van der Waals surface area contributed by atoms with Crippen molar-refractivity contribution in [3.05, 3.63) is 59.7 Å². The van der Waals surface area contributed by atoms with Gasteiger partial charge in [0.25, 0.3) is 0 Å². The summed E-state index contributed by atoms with van der Waals surface area (Å²) in [5.74, 6) is -0.724. The van der Waals surface area contributed by atoms with E-state index in [1.165, 1.54) is 36.4 Å². The van der Waals surface area contributed by atoms with Crippen LogP contribution >= 0.6 is 0 Å². The second kappa shape index (κ2) is 5.27. The van der Waals surface area contributed by atoms with Crippen LogP contribution in [0.15, 0.2) is 48.5 Å². The Morgan fingerprint density at radius 2 is 1.58 bits per heavy atom. The molecule has 0 atom stereocenters. The van der Waals surface area contributed by atoms with E-state index in [2.05, 4.69) is 0 Å². The smallest absolute Gasteiger partial charge is 0.185 e. The molecule has 0 bridgehead atoms. The molecule has 2 rings (SSSR count). The molecule has 0 aromatic heterocycles. The van der Waals surface area contributed by atoms with Gasteiger partial charge in [-0.15, -0.1) is 0 Å². The van der Waals surface area contributed by atoms with Crippen LogP contribution in [0, 0.1) is 0 Å². The maximum atomic E-state index is 11.8. The monoisotopic (exact) mass is 256 g/mol. The highest BCUT2D eigenvalue weighted by molar-refractivity contribution is 6.07. The lowest BCUT2D eigenvalue weighted by Gasteiger charge is -2.00. The maximum Gasteiger partial charge on any atom is 0.185 e. The number of carbonyl (C=O) groups excluding carboxylic acids is 1. The van der Waals surface area contributed by atoms with E-state index < -0.39 is 0 Å². The molecule has 0 fully saturated rings. The summed E-state index contributed by atoms with van der Waals surface area (Å²) in [6.07, 6.45) is 2.96. The Balaban J connectivity index is 2.16. The molecule has 0 radical (unpaired) electrons. The molecule has 2 aromatic carbocycles. The van der Waals surface area contributed by atoms with Gasteiger partial charge in [0.2, 0.25) is 0 Å². The minimum Gasteiger partial charge on any atom is -0.508 e. The predicted octanol–water partition coefficient (Wildman–Crippen LogP) is 2.70. The molecule has 0 saturated carbocycles. The van der Waals surface area contributed by atoms with Gasteiger partial charge in [-0.25, -0.2) is 0 Å². The van der Waals surface area contributed by atoms with Crippen molar-refractivity contribution in [2.75, 3.05) is 0 Å².